The lowest BCUT2D eigenvalue weighted by atomic mass is 10.0. The molecule has 0 spiro atoms. The average Bonchev–Trinajstić information content (AvgIpc) is 3.30. The second kappa shape index (κ2) is 6.63. The van der Waals surface area contributed by atoms with E-state index < -0.39 is 0 Å². The number of aryl methyl sites for hydroxylation is 1. The fourth-order valence-corrected chi connectivity index (χ4v) is 5.91. The van der Waals surface area contributed by atoms with Crippen LogP contribution < -0.4 is 0 Å². The number of benzene rings is 1. The van der Waals surface area contributed by atoms with Crippen LogP contribution >= 0.6 is 23.1 Å². The van der Waals surface area contributed by atoms with Gasteiger partial charge in [0.1, 0.15) is 16.2 Å². The molecule has 3 nitrogen and oxygen atoms in total. The lowest BCUT2D eigenvalue weighted by molar-refractivity contribution is 0.913. The third kappa shape index (κ3) is 2.53. The Hall–Kier alpha value is -1.98. The van der Waals surface area contributed by atoms with Gasteiger partial charge in [-0.3, -0.25) is 0 Å². The first-order valence-corrected chi connectivity index (χ1v) is 10.9. The van der Waals surface area contributed by atoms with E-state index in [4.69, 9.17) is 4.98 Å². The van der Waals surface area contributed by atoms with Gasteiger partial charge in [0.05, 0.1) is 15.9 Å². The number of rotatable bonds is 4. The standard InChI is InChI=1S/C21H19N3S2/c1-2-11-25-21-19-18(22-12-23-21)16-14-9-6-10-15(14)17(24-20(16)26-19)13-7-4-3-5-8-13/h3-5,7-8,12H,2,6,9-11H2,1H3. The van der Waals surface area contributed by atoms with Crippen molar-refractivity contribution in [1.29, 1.82) is 0 Å². The minimum absolute atomic E-state index is 1.08. The van der Waals surface area contributed by atoms with E-state index in [-0.39, 0.29) is 0 Å². The van der Waals surface area contributed by atoms with Gasteiger partial charge in [-0.2, -0.15) is 0 Å². The third-order valence-corrected chi connectivity index (χ3v) is 7.33. The maximum absolute atomic E-state index is 5.12. The summed E-state index contributed by atoms with van der Waals surface area (Å²) in [5.74, 6) is 1.08. The van der Waals surface area contributed by atoms with Crippen molar-refractivity contribution in [3.8, 4) is 11.3 Å². The molecule has 0 atom stereocenters. The van der Waals surface area contributed by atoms with E-state index in [2.05, 4.69) is 47.2 Å². The zero-order valence-electron chi connectivity index (χ0n) is 14.7. The molecular weight excluding hydrogens is 358 g/mol. The van der Waals surface area contributed by atoms with E-state index in [1.165, 1.54) is 33.2 Å². The zero-order chi connectivity index (χ0) is 17.5. The molecule has 4 aromatic rings. The van der Waals surface area contributed by atoms with Gasteiger partial charge in [0.25, 0.3) is 0 Å². The molecule has 0 saturated carbocycles. The Labute approximate surface area is 160 Å². The third-order valence-electron chi connectivity index (χ3n) is 4.93. The normalized spacial score (nSPS) is 13.6. The van der Waals surface area contributed by atoms with Gasteiger partial charge >= 0.3 is 0 Å². The summed E-state index contributed by atoms with van der Waals surface area (Å²) < 4.78 is 1.20. The monoisotopic (exact) mass is 377 g/mol. The van der Waals surface area contributed by atoms with Crippen molar-refractivity contribution in [2.75, 3.05) is 5.75 Å². The number of pyridine rings is 1. The summed E-state index contributed by atoms with van der Waals surface area (Å²) >= 11 is 3.59. The first-order valence-electron chi connectivity index (χ1n) is 9.14. The molecule has 0 aliphatic heterocycles. The molecule has 0 fully saturated rings. The second-order valence-corrected chi connectivity index (χ2v) is 8.71. The molecule has 130 valence electrons. The van der Waals surface area contributed by atoms with Crippen molar-refractivity contribution in [2.24, 2.45) is 0 Å². The quantitative estimate of drug-likeness (QED) is 0.328. The molecule has 26 heavy (non-hydrogen) atoms. The minimum atomic E-state index is 1.08. The summed E-state index contributed by atoms with van der Waals surface area (Å²) in [6.07, 6.45) is 6.31. The van der Waals surface area contributed by atoms with Crippen molar-refractivity contribution in [1.82, 2.24) is 15.0 Å². The second-order valence-electron chi connectivity index (χ2n) is 6.62. The van der Waals surface area contributed by atoms with Gasteiger partial charge in [-0.05, 0) is 42.6 Å². The van der Waals surface area contributed by atoms with E-state index in [1.807, 2.05) is 11.8 Å². The lowest BCUT2D eigenvalue weighted by Crippen LogP contribution is -1.94. The van der Waals surface area contributed by atoms with Crippen LogP contribution in [0.15, 0.2) is 41.7 Å². The van der Waals surface area contributed by atoms with Gasteiger partial charge in [0.15, 0.2) is 0 Å². The Balaban J connectivity index is 1.80. The number of hydrogen-bond acceptors (Lipinski definition) is 5. The molecule has 0 saturated heterocycles. The number of fused-ring (bicyclic) bond motifs is 5. The van der Waals surface area contributed by atoms with Crippen LogP contribution in [0.2, 0.25) is 0 Å². The molecule has 1 aliphatic rings. The summed E-state index contributed by atoms with van der Waals surface area (Å²) in [6.45, 7) is 2.21. The van der Waals surface area contributed by atoms with Gasteiger partial charge in [-0.1, -0.05) is 37.3 Å². The maximum Gasteiger partial charge on any atom is 0.127 e. The highest BCUT2D eigenvalue weighted by Crippen LogP contribution is 2.43. The molecule has 1 aromatic carbocycles. The van der Waals surface area contributed by atoms with Crippen LogP contribution in [0.25, 0.3) is 31.7 Å². The Morgan fingerprint density at radius 2 is 1.92 bits per heavy atom. The first kappa shape index (κ1) is 16.2. The van der Waals surface area contributed by atoms with Gasteiger partial charge in [-0.25, -0.2) is 15.0 Å². The Bertz CT molecular complexity index is 1100. The molecule has 0 unspecified atom stereocenters. The fraction of sp³-hybridized carbons (Fsp3) is 0.286. The van der Waals surface area contributed by atoms with E-state index >= 15 is 0 Å². The van der Waals surface area contributed by atoms with Crippen molar-refractivity contribution in [3.63, 3.8) is 0 Å². The predicted molar refractivity (Wildman–Crippen MR) is 111 cm³/mol. The average molecular weight is 378 g/mol. The predicted octanol–water partition coefficient (Wildman–Crippen LogP) is 5.90. The Kier molecular flexibility index (Phi) is 4.14. The highest BCUT2D eigenvalue weighted by atomic mass is 32.2. The molecule has 5 heteroatoms. The number of aromatic nitrogens is 3. The number of thioether (sulfide) groups is 1. The molecular formula is C21H19N3S2. The lowest BCUT2D eigenvalue weighted by Gasteiger charge is -2.09. The molecule has 3 heterocycles. The molecule has 0 N–H and O–H groups in total. The van der Waals surface area contributed by atoms with E-state index in [0.717, 1.165) is 46.1 Å². The molecule has 0 amide bonds. The summed E-state index contributed by atoms with van der Waals surface area (Å²) in [5, 5.41) is 2.38. The van der Waals surface area contributed by atoms with Crippen LogP contribution in [0.4, 0.5) is 0 Å². The summed E-state index contributed by atoms with van der Waals surface area (Å²) in [5.41, 5.74) is 6.36. The topological polar surface area (TPSA) is 38.7 Å². The van der Waals surface area contributed by atoms with Gasteiger partial charge in [0.2, 0.25) is 0 Å². The SMILES string of the molecule is CCCSc1ncnc2c1sc1nc(-c3ccccc3)c3c(c12)CCC3. The Morgan fingerprint density at radius 3 is 2.77 bits per heavy atom. The van der Waals surface area contributed by atoms with Crippen molar-refractivity contribution in [3.05, 3.63) is 47.8 Å². The largest absolute Gasteiger partial charge is 0.236 e. The van der Waals surface area contributed by atoms with E-state index in [1.54, 1.807) is 17.7 Å². The van der Waals surface area contributed by atoms with Crippen LogP contribution in [0, 0.1) is 0 Å². The van der Waals surface area contributed by atoms with Gasteiger partial charge in [-0.15, -0.1) is 23.1 Å². The first-order chi connectivity index (χ1) is 12.9. The fourth-order valence-electron chi connectivity index (χ4n) is 3.81. The summed E-state index contributed by atoms with van der Waals surface area (Å²) in [6, 6.07) is 10.6. The Morgan fingerprint density at radius 1 is 1.08 bits per heavy atom. The summed E-state index contributed by atoms with van der Waals surface area (Å²) in [7, 11) is 0. The van der Waals surface area contributed by atoms with Gasteiger partial charge in [0, 0.05) is 10.9 Å². The zero-order valence-corrected chi connectivity index (χ0v) is 16.3. The van der Waals surface area contributed by atoms with E-state index in [0.29, 0.717) is 0 Å². The molecule has 3 aromatic heterocycles. The van der Waals surface area contributed by atoms with Crippen molar-refractivity contribution in [2.45, 2.75) is 37.6 Å². The van der Waals surface area contributed by atoms with Crippen molar-refractivity contribution >= 4 is 43.5 Å². The van der Waals surface area contributed by atoms with Crippen molar-refractivity contribution < 1.29 is 0 Å². The molecule has 1 aliphatic carbocycles. The number of thiophene rings is 1. The highest BCUT2D eigenvalue weighted by Gasteiger charge is 2.24. The van der Waals surface area contributed by atoms with E-state index in [9.17, 15) is 0 Å². The molecule has 5 rings (SSSR count). The van der Waals surface area contributed by atoms with Gasteiger partial charge < -0.3 is 0 Å². The highest BCUT2D eigenvalue weighted by molar-refractivity contribution is 7.99. The minimum Gasteiger partial charge on any atom is -0.236 e. The van der Waals surface area contributed by atoms with Crippen LogP contribution in [-0.4, -0.2) is 20.7 Å². The van der Waals surface area contributed by atoms with Crippen LogP contribution in [-0.2, 0) is 12.8 Å². The van der Waals surface area contributed by atoms with Crippen LogP contribution in [0.5, 0.6) is 0 Å². The molecule has 0 radical (unpaired) electrons. The molecule has 0 bridgehead atoms. The van der Waals surface area contributed by atoms with Crippen LogP contribution in [0.1, 0.15) is 30.9 Å². The smallest absolute Gasteiger partial charge is 0.127 e. The number of hydrogen-bond donors (Lipinski definition) is 0. The summed E-state index contributed by atoms with van der Waals surface area (Å²) in [4.78, 5) is 15.4. The maximum atomic E-state index is 5.12. The number of nitrogens with zero attached hydrogens (tertiary/aromatic N) is 3. The van der Waals surface area contributed by atoms with Crippen LogP contribution in [0.3, 0.4) is 0 Å².